The van der Waals surface area contributed by atoms with Gasteiger partial charge in [-0.15, -0.1) is 0 Å². The van der Waals surface area contributed by atoms with E-state index in [0.29, 0.717) is 39.0 Å². The lowest BCUT2D eigenvalue weighted by molar-refractivity contribution is -0.169. The summed E-state index contributed by atoms with van der Waals surface area (Å²) < 4.78 is 14.4. The van der Waals surface area contributed by atoms with Gasteiger partial charge in [0, 0.05) is 79.8 Å². The molecule has 11 heteroatoms. The highest BCUT2D eigenvalue weighted by Gasteiger charge is 2.39. The molecule has 4 heterocycles. The normalized spacial score (nSPS) is 17.9. The van der Waals surface area contributed by atoms with E-state index in [-0.39, 0.29) is 45.0 Å². The van der Waals surface area contributed by atoms with Crippen LogP contribution < -0.4 is 0 Å². The SMILES string of the molecule is C.C.CCCCCCCCCCC(O)CN1CC(CCCCCCCCCC)OC(=O)C1Cc1c[nH]c2ccccc12.CCCCCCCCCCC(O)CN1CC(CCCCCCCCCC)OC(=O)C1Cc1cn(CC(O)CCCCCCCCCC)c2ccccc12. The lowest BCUT2D eigenvalue weighted by Crippen LogP contribution is -2.55. The average molecular weight is 1330 g/mol. The van der Waals surface area contributed by atoms with Gasteiger partial charge in [-0.1, -0.05) is 330 Å². The molecule has 6 rings (SSSR count). The predicted octanol–water partition coefficient (Wildman–Crippen LogP) is 22.1. The Hall–Kier alpha value is -3.74. The molecule has 2 aliphatic heterocycles. The third kappa shape index (κ3) is 35.2. The summed E-state index contributed by atoms with van der Waals surface area (Å²) in [4.78, 5) is 35.0. The molecule has 0 saturated carbocycles. The quantitative estimate of drug-likeness (QED) is 0.0251. The van der Waals surface area contributed by atoms with E-state index in [1.807, 2.05) is 18.3 Å². The summed E-state index contributed by atoms with van der Waals surface area (Å²) in [7, 11) is 0. The number of nitrogens with zero attached hydrogens (tertiary/aromatic N) is 3. The van der Waals surface area contributed by atoms with Gasteiger partial charge in [-0.25, -0.2) is 0 Å². The first-order chi connectivity index (χ1) is 45.6. The second-order valence-corrected chi connectivity index (χ2v) is 28.9. The van der Waals surface area contributed by atoms with Crippen molar-refractivity contribution in [1.29, 1.82) is 0 Å². The maximum absolute atomic E-state index is 13.8. The van der Waals surface area contributed by atoms with Crippen LogP contribution in [-0.4, -0.2) is 115 Å². The first kappa shape index (κ1) is 85.5. The summed E-state index contributed by atoms with van der Waals surface area (Å²) in [6.07, 6.45) is 58.8. The van der Waals surface area contributed by atoms with E-state index in [1.165, 1.54) is 225 Å². The number of aromatic amines is 1. The summed E-state index contributed by atoms with van der Waals surface area (Å²) in [6, 6.07) is 15.9. The molecule has 4 N–H and O–H groups in total. The van der Waals surface area contributed by atoms with Gasteiger partial charge in [0.05, 0.1) is 18.3 Å². The van der Waals surface area contributed by atoms with Crippen molar-refractivity contribution < 1.29 is 34.4 Å². The minimum atomic E-state index is -0.444. The van der Waals surface area contributed by atoms with Crippen molar-refractivity contribution in [2.75, 3.05) is 26.2 Å². The number of aliphatic hydroxyl groups is 3. The van der Waals surface area contributed by atoms with Gasteiger partial charge in [0.25, 0.3) is 0 Å². The Morgan fingerprint density at radius 3 is 1.14 bits per heavy atom. The van der Waals surface area contributed by atoms with Crippen LogP contribution in [0, 0.1) is 0 Å². The van der Waals surface area contributed by atoms with Crippen LogP contribution in [0.5, 0.6) is 0 Å². The molecule has 4 aromatic rings. The molecule has 2 aromatic carbocycles. The Kier molecular flexibility index (Phi) is 48.7. The van der Waals surface area contributed by atoms with E-state index in [9.17, 15) is 24.9 Å². The molecule has 0 amide bonds. The van der Waals surface area contributed by atoms with Crippen molar-refractivity contribution in [3.05, 3.63) is 72.1 Å². The minimum Gasteiger partial charge on any atom is -0.460 e. The summed E-state index contributed by atoms with van der Waals surface area (Å²) in [5, 5.41) is 35.6. The second kappa shape index (κ2) is 54.1. The van der Waals surface area contributed by atoms with Crippen LogP contribution >= 0.6 is 0 Å². The fraction of sp³-hybridized carbons (Fsp3) is 0.786. The lowest BCUT2D eigenvalue weighted by atomic mass is 9.99. The van der Waals surface area contributed by atoms with Gasteiger partial charge in [0.2, 0.25) is 0 Å². The maximum Gasteiger partial charge on any atom is 0.324 e. The molecular weight excluding hydrogens is 1180 g/mol. The number of morpholine rings is 2. The number of carbonyl (C=O) groups is 2. The van der Waals surface area contributed by atoms with Crippen molar-refractivity contribution in [2.45, 2.75) is 400 Å². The number of fused-ring (bicyclic) bond motifs is 2. The summed E-state index contributed by atoms with van der Waals surface area (Å²) in [6.45, 7) is 14.3. The van der Waals surface area contributed by atoms with Gasteiger partial charge in [0.15, 0.2) is 0 Å². The molecule has 0 aliphatic carbocycles. The van der Waals surface area contributed by atoms with E-state index in [4.69, 9.17) is 9.47 Å². The number of aromatic nitrogens is 2. The van der Waals surface area contributed by atoms with E-state index in [0.717, 1.165) is 104 Å². The maximum atomic E-state index is 13.8. The number of nitrogens with one attached hydrogen (secondary N) is 1. The summed E-state index contributed by atoms with van der Waals surface area (Å²) >= 11 is 0. The standard InChI is InChI=1S/C47H82N2O4.C35H58N2O3.2CH4/c1-4-7-10-13-16-19-22-25-30-41(50)37-48-36-40(44-33-28-29-34-45(44)48)35-46-47(52)53-43(32-27-24-21-18-15-12-9-6-3)39-49(46)38-42(51)31-26-23-20-17-14-11-8-5-2;1-3-5-7-9-11-13-15-17-21-30(38)27-37-28-31(22-18-16-14-12-10-8-6-4-2)40-35(39)34(37)25-29-26-36-33-24-20-19-23-32(29)33;;/h28-29,33-34,36,41-43,46,50-51H,4-27,30-32,35,37-39H2,1-3H3;19-20,23-24,26,30-31,34,36,38H,3-18,21-22,25,27-28H2,1-2H3;2*1H4. The van der Waals surface area contributed by atoms with Crippen LogP contribution in [0.25, 0.3) is 21.8 Å². The number of carbonyl (C=O) groups excluding carboxylic acids is 2. The van der Waals surface area contributed by atoms with Crippen molar-refractivity contribution in [2.24, 2.45) is 0 Å². The first-order valence-electron chi connectivity index (χ1n) is 39.6. The highest BCUT2D eigenvalue weighted by Crippen LogP contribution is 2.30. The molecular formula is C84H148N4O7. The minimum absolute atomic E-state index is 0. The molecule has 0 bridgehead atoms. The largest absolute Gasteiger partial charge is 0.460 e. The third-order valence-electron chi connectivity index (χ3n) is 20.5. The van der Waals surface area contributed by atoms with Crippen LogP contribution in [0.4, 0.5) is 0 Å². The number of esters is 2. The number of cyclic esters (lactones) is 2. The fourth-order valence-electron chi connectivity index (χ4n) is 14.7. The van der Waals surface area contributed by atoms with Crippen LogP contribution in [0.2, 0.25) is 0 Å². The van der Waals surface area contributed by atoms with Gasteiger partial charge >= 0.3 is 11.9 Å². The number of β-amino-alcohol motifs (C(OH)–C–C–N with tert-alkyl or cyclic N) is 2. The number of hydrogen-bond acceptors (Lipinski definition) is 9. The first-order valence-corrected chi connectivity index (χ1v) is 39.6. The Morgan fingerprint density at radius 2 is 0.737 bits per heavy atom. The van der Waals surface area contributed by atoms with E-state index >= 15 is 0 Å². The van der Waals surface area contributed by atoms with Crippen LogP contribution in [0.15, 0.2) is 60.9 Å². The number of ether oxygens (including phenoxy) is 2. The lowest BCUT2D eigenvalue weighted by Gasteiger charge is -2.39. The number of aliphatic hydroxyl groups excluding tert-OH is 3. The zero-order chi connectivity index (χ0) is 66.4. The molecule has 0 radical (unpaired) electrons. The van der Waals surface area contributed by atoms with Crippen LogP contribution in [0.3, 0.4) is 0 Å². The molecule has 11 nitrogen and oxygen atoms in total. The monoisotopic (exact) mass is 1330 g/mol. The molecule has 2 saturated heterocycles. The smallest absolute Gasteiger partial charge is 0.324 e. The number of rotatable bonds is 55. The molecule has 0 spiro atoms. The number of hydrogen-bond donors (Lipinski definition) is 4. The van der Waals surface area contributed by atoms with Crippen molar-refractivity contribution in [3.63, 3.8) is 0 Å². The zero-order valence-electron chi connectivity index (χ0n) is 60.4. The zero-order valence-corrected chi connectivity index (χ0v) is 60.4. The van der Waals surface area contributed by atoms with E-state index in [2.05, 4.69) is 96.6 Å². The van der Waals surface area contributed by atoms with Gasteiger partial charge in [-0.2, -0.15) is 0 Å². The Labute approximate surface area is 583 Å². The van der Waals surface area contributed by atoms with Gasteiger partial charge < -0.3 is 34.3 Å². The number of unbranched alkanes of at least 4 members (excludes halogenated alkanes) is 35. The van der Waals surface area contributed by atoms with Crippen LogP contribution in [-0.2, 0) is 38.4 Å². The topological polar surface area (TPSA) is 140 Å². The fourth-order valence-corrected chi connectivity index (χ4v) is 14.7. The highest BCUT2D eigenvalue weighted by molar-refractivity contribution is 5.86. The molecule has 7 atom stereocenters. The number of benzene rings is 2. The predicted molar refractivity (Wildman–Crippen MR) is 406 cm³/mol. The van der Waals surface area contributed by atoms with Crippen molar-refractivity contribution in [1.82, 2.24) is 19.4 Å². The molecule has 2 aromatic heterocycles. The van der Waals surface area contributed by atoms with Crippen molar-refractivity contribution >= 4 is 33.7 Å². The van der Waals surface area contributed by atoms with E-state index in [1.54, 1.807) is 0 Å². The molecule has 2 fully saturated rings. The Bertz CT molecular complexity index is 2470. The Balaban J connectivity index is 0.000000503. The van der Waals surface area contributed by atoms with E-state index < -0.39 is 24.4 Å². The average Bonchev–Trinajstić information content (AvgIpc) is 1.72. The third-order valence-corrected chi connectivity index (χ3v) is 20.5. The molecule has 95 heavy (non-hydrogen) atoms. The molecule has 2 aliphatic rings. The molecule has 546 valence electrons. The highest BCUT2D eigenvalue weighted by atomic mass is 16.6. The van der Waals surface area contributed by atoms with Crippen molar-refractivity contribution in [3.8, 4) is 0 Å². The van der Waals surface area contributed by atoms with Crippen LogP contribution in [0.1, 0.15) is 350 Å². The second-order valence-electron chi connectivity index (χ2n) is 28.9. The summed E-state index contributed by atoms with van der Waals surface area (Å²) in [5.74, 6) is -0.271. The molecule has 7 unspecified atom stereocenters. The van der Waals surface area contributed by atoms with Gasteiger partial charge in [0.1, 0.15) is 24.3 Å². The number of para-hydroxylation sites is 2. The summed E-state index contributed by atoms with van der Waals surface area (Å²) in [5.41, 5.74) is 4.46. The Morgan fingerprint density at radius 1 is 0.411 bits per heavy atom. The van der Waals surface area contributed by atoms with Gasteiger partial charge in [-0.3, -0.25) is 19.4 Å². The number of H-pyrrole nitrogens is 1. The van der Waals surface area contributed by atoms with Gasteiger partial charge in [-0.05, 0) is 68.2 Å².